The van der Waals surface area contributed by atoms with E-state index in [2.05, 4.69) is 11.4 Å². The first-order valence-corrected chi connectivity index (χ1v) is 5.24. The Balaban J connectivity index is 0. The normalized spacial score (nSPS) is 12.2. The highest BCUT2D eigenvalue weighted by atomic mass is 31.1. The van der Waals surface area contributed by atoms with E-state index < -0.39 is 8.25 Å². The van der Waals surface area contributed by atoms with Gasteiger partial charge in [0.15, 0.2) is 0 Å². The Morgan fingerprint density at radius 2 is 1.92 bits per heavy atom. The van der Waals surface area contributed by atoms with E-state index in [-0.39, 0.29) is 5.48 Å². The summed E-state index contributed by atoms with van der Waals surface area (Å²) in [4.78, 5) is 0. The molecule has 0 amide bonds. The Morgan fingerprint density at radius 1 is 1.25 bits per heavy atom. The Morgan fingerprint density at radius 3 is 2.42 bits per heavy atom. The van der Waals surface area contributed by atoms with Crippen LogP contribution in [0.4, 0.5) is 0 Å². The molecule has 5 heteroatoms. The van der Waals surface area contributed by atoms with E-state index in [0.29, 0.717) is 6.61 Å². The van der Waals surface area contributed by atoms with Crippen LogP contribution in [0.25, 0.3) is 0 Å². The highest BCUT2D eigenvalue weighted by Gasteiger charge is 1.94. The minimum absolute atomic E-state index is 0. The fourth-order valence-electron chi connectivity index (χ4n) is 0.743. The summed E-state index contributed by atoms with van der Waals surface area (Å²) in [6, 6.07) is 0. The van der Waals surface area contributed by atoms with Crippen molar-refractivity contribution in [2.24, 2.45) is 0 Å². The van der Waals surface area contributed by atoms with Crippen molar-refractivity contribution in [3.8, 4) is 0 Å². The van der Waals surface area contributed by atoms with Gasteiger partial charge in [-0.15, -0.1) is 0 Å². The molecule has 0 saturated heterocycles. The molecule has 0 bridgehead atoms. The fraction of sp³-hybridized carbons (Fsp3) is 1.00. The first-order chi connectivity index (χ1) is 5.31. The van der Waals surface area contributed by atoms with Crippen LogP contribution in [0.2, 0.25) is 0 Å². The SMILES string of the molecule is CCCCCCO[PH](=O)OC.O. The van der Waals surface area contributed by atoms with Crippen LogP contribution in [0.15, 0.2) is 0 Å². The average Bonchev–Trinajstić information content (AvgIpc) is 2.04. The molecule has 0 aromatic rings. The van der Waals surface area contributed by atoms with Crippen molar-refractivity contribution in [1.82, 2.24) is 0 Å². The molecule has 0 fully saturated rings. The van der Waals surface area contributed by atoms with Crippen LogP contribution >= 0.6 is 8.25 Å². The van der Waals surface area contributed by atoms with E-state index in [1.165, 1.54) is 20.0 Å². The number of hydrogen-bond donors (Lipinski definition) is 0. The molecule has 4 nitrogen and oxygen atoms in total. The van der Waals surface area contributed by atoms with Gasteiger partial charge in [0.2, 0.25) is 0 Å². The molecule has 1 atom stereocenters. The van der Waals surface area contributed by atoms with Gasteiger partial charge >= 0.3 is 8.25 Å². The molecule has 0 saturated carbocycles. The molecule has 0 spiro atoms. The summed E-state index contributed by atoms with van der Waals surface area (Å²) in [5.41, 5.74) is 0. The molecule has 2 N–H and O–H groups in total. The maximum atomic E-state index is 10.6. The van der Waals surface area contributed by atoms with E-state index in [1.54, 1.807) is 0 Å². The fourth-order valence-corrected chi connectivity index (χ4v) is 1.17. The van der Waals surface area contributed by atoms with Gasteiger partial charge in [0.25, 0.3) is 0 Å². The standard InChI is InChI=1S/C7H17O3P.H2O/c1-3-4-5-6-7-10-11(8)9-2;/h11H,3-7H2,1-2H3;1H2. The van der Waals surface area contributed by atoms with E-state index in [1.807, 2.05) is 0 Å². The van der Waals surface area contributed by atoms with E-state index in [9.17, 15) is 4.57 Å². The van der Waals surface area contributed by atoms with Gasteiger partial charge in [0.05, 0.1) is 6.61 Å². The molecule has 0 aliphatic heterocycles. The van der Waals surface area contributed by atoms with Gasteiger partial charge < -0.3 is 14.5 Å². The Kier molecular flexibility index (Phi) is 13.5. The van der Waals surface area contributed by atoms with Crippen LogP contribution in [0.3, 0.4) is 0 Å². The molecule has 0 aromatic carbocycles. The van der Waals surface area contributed by atoms with Crippen LogP contribution in [0.5, 0.6) is 0 Å². The quantitative estimate of drug-likeness (QED) is 0.462. The van der Waals surface area contributed by atoms with Crippen molar-refractivity contribution < 1.29 is 19.1 Å². The molecule has 0 aliphatic rings. The second kappa shape index (κ2) is 11.1. The minimum Gasteiger partial charge on any atom is -0.412 e. The first-order valence-electron chi connectivity index (χ1n) is 4.02. The highest BCUT2D eigenvalue weighted by Crippen LogP contribution is 2.21. The lowest BCUT2D eigenvalue weighted by Crippen LogP contribution is -1.87. The molecule has 0 radical (unpaired) electrons. The molecule has 0 aliphatic carbocycles. The molecule has 76 valence electrons. The van der Waals surface area contributed by atoms with Crippen LogP contribution in [0.1, 0.15) is 32.6 Å². The predicted octanol–water partition coefficient (Wildman–Crippen LogP) is 1.79. The molecule has 0 rings (SSSR count). The molecule has 12 heavy (non-hydrogen) atoms. The van der Waals surface area contributed by atoms with Gasteiger partial charge in [-0.2, -0.15) is 0 Å². The van der Waals surface area contributed by atoms with Gasteiger partial charge in [-0.3, -0.25) is 4.57 Å². The average molecular weight is 198 g/mol. The number of unbranched alkanes of at least 4 members (excludes halogenated alkanes) is 3. The maximum absolute atomic E-state index is 10.6. The second-order valence-electron chi connectivity index (χ2n) is 2.36. The van der Waals surface area contributed by atoms with E-state index >= 15 is 0 Å². The van der Waals surface area contributed by atoms with E-state index in [0.717, 1.165) is 12.8 Å². The Bertz CT molecular complexity index is 108. The zero-order valence-corrected chi connectivity index (χ0v) is 8.76. The molecular weight excluding hydrogens is 179 g/mol. The minimum atomic E-state index is -2.17. The summed E-state index contributed by atoms with van der Waals surface area (Å²) >= 11 is 0. The smallest absolute Gasteiger partial charge is 0.318 e. The largest absolute Gasteiger partial charge is 0.412 e. The highest BCUT2D eigenvalue weighted by molar-refractivity contribution is 7.33. The van der Waals surface area contributed by atoms with Crippen LogP contribution in [-0.4, -0.2) is 19.2 Å². The third kappa shape index (κ3) is 10.1. The molecular formula is C7H19O4P. The van der Waals surface area contributed by atoms with Gasteiger partial charge in [-0.1, -0.05) is 26.2 Å². The summed E-state index contributed by atoms with van der Waals surface area (Å²) in [5, 5.41) is 0. The number of rotatable bonds is 7. The third-order valence-corrected chi connectivity index (χ3v) is 2.16. The van der Waals surface area contributed by atoms with Crippen molar-refractivity contribution in [3.05, 3.63) is 0 Å². The second-order valence-corrected chi connectivity index (χ2v) is 3.56. The van der Waals surface area contributed by atoms with Crippen molar-refractivity contribution >= 4 is 8.25 Å². The van der Waals surface area contributed by atoms with Gasteiger partial charge in [-0.25, -0.2) is 0 Å². The topological polar surface area (TPSA) is 67.0 Å². The van der Waals surface area contributed by atoms with Crippen molar-refractivity contribution in [2.75, 3.05) is 13.7 Å². The van der Waals surface area contributed by atoms with Crippen molar-refractivity contribution in [1.29, 1.82) is 0 Å². The Hall–Kier alpha value is 0.110. The molecule has 0 heterocycles. The summed E-state index contributed by atoms with van der Waals surface area (Å²) in [7, 11) is -0.770. The molecule has 0 aromatic heterocycles. The third-order valence-electron chi connectivity index (χ3n) is 1.38. The summed E-state index contributed by atoms with van der Waals surface area (Å²) in [5.74, 6) is 0. The van der Waals surface area contributed by atoms with Crippen molar-refractivity contribution in [3.63, 3.8) is 0 Å². The van der Waals surface area contributed by atoms with Gasteiger partial charge in [0.1, 0.15) is 0 Å². The first kappa shape index (κ1) is 14.6. The zero-order chi connectivity index (χ0) is 8.53. The van der Waals surface area contributed by atoms with E-state index in [4.69, 9.17) is 4.52 Å². The zero-order valence-electron chi connectivity index (χ0n) is 7.76. The lowest BCUT2D eigenvalue weighted by molar-refractivity contribution is 0.250. The summed E-state index contributed by atoms with van der Waals surface area (Å²) in [6.45, 7) is 2.71. The van der Waals surface area contributed by atoms with Gasteiger partial charge in [0, 0.05) is 7.11 Å². The van der Waals surface area contributed by atoms with Crippen LogP contribution < -0.4 is 0 Å². The summed E-state index contributed by atoms with van der Waals surface area (Å²) in [6.07, 6.45) is 4.56. The van der Waals surface area contributed by atoms with Crippen LogP contribution in [-0.2, 0) is 13.6 Å². The Labute approximate surface area is 74.5 Å². The lowest BCUT2D eigenvalue weighted by Gasteiger charge is -2.00. The lowest BCUT2D eigenvalue weighted by atomic mass is 10.2. The number of hydrogen-bond acceptors (Lipinski definition) is 3. The predicted molar refractivity (Wildman–Crippen MR) is 49.7 cm³/mol. The van der Waals surface area contributed by atoms with Crippen molar-refractivity contribution in [2.45, 2.75) is 32.6 Å². The molecule has 1 unspecified atom stereocenters. The maximum Gasteiger partial charge on any atom is 0.318 e. The monoisotopic (exact) mass is 198 g/mol. The van der Waals surface area contributed by atoms with Gasteiger partial charge in [-0.05, 0) is 6.42 Å². The van der Waals surface area contributed by atoms with Crippen LogP contribution in [0, 0.1) is 0 Å². The summed E-state index contributed by atoms with van der Waals surface area (Å²) < 4.78 is 19.9.